The molecule has 3 heteroatoms. The zero-order valence-electron chi connectivity index (χ0n) is 9.11. The van der Waals surface area contributed by atoms with E-state index >= 15 is 0 Å². The van der Waals surface area contributed by atoms with Crippen LogP contribution in [0.1, 0.15) is 30.8 Å². The standard InChI is InChI=1S/C12H17N3/c1-10-13-8-7-12(15-10)9-14-11-5-3-2-4-6-11/h3,5,7-8,11,14H,2,4,6,9H2,1H3. The second-order valence-corrected chi connectivity index (χ2v) is 3.94. The molecule has 80 valence electrons. The molecule has 1 aromatic rings. The first-order valence-corrected chi connectivity index (χ1v) is 5.53. The molecule has 1 atom stereocenters. The molecule has 0 saturated heterocycles. The predicted octanol–water partition coefficient (Wildman–Crippen LogP) is 1.98. The SMILES string of the molecule is Cc1nccc(CNC2C=CCCC2)n1. The number of hydrogen-bond acceptors (Lipinski definition) is 3. The van der Waals surface area contributed by atoms with Crippen molar-refractivity contribution in [1.29, 1.82) is 0 Å². The first-order valence-electron chi connectivity index (χ1n) is 5.53. The van der Waals surface area contributed by atoms with E-state index in [1.54, 1.807) is 0 Å². The van der Waals surface area contributed by atoms with Gasteiger partial charge in [0.25, 0.3) is 0 Å². The Morgan fingerprint density at radius 2 is 2.47 bits per heavy atom. The van der Waals surface area contributed by atoms with Crippen molar-refractivity contribution in [3.63, 3.8) is 0 Å². The summed E-state index contributed by atoms with van der Waals surface area (Å²) >= 11 is 0. The number of nitrogens with zero attached hydrogens (tertiary/aromatic N) is 2. The molecule has 1 heterocycles. The van der Waals surface area contributed by atoms with E-state index in [2.05, 4.69) is 27.4 Å². The van der Waals surface area contributed by atoms with E-state index in [4.69, 9.17) is 0 Å². The summed E-state index contributed by atoms with van der Waals surface area (Å²) in [5.41, 5.74) is 1.07. The Balaban J connectivity index is 1.87. The maximum Gasteiger partial charge on any atom is 0.125 e. The molecule has 0 aromatic carbocycles. The van der Waals surface area contributed by atoms with Crippen molar-refractivity contribution < 1.29 is 0 Å². The number of rotatable bonds is 3. The highest BCUT2D eigenvalue weighted by atomic mass is 14.9. The number of aryl methyl sites for hydroxylation is 1. The Hall–Kier alpha value is -1.22. The third-order valence-electron chi connectivity index (χ3n) is 2.63. The zero-order chi connectivity index (χ0) is 10.5. The van der Waals surface area contributed by atoms with Gasteiger partial charge < -0.3 is 5.32 Å². The molecule has 1 N–H and O–H groups in total. The number of hydrogen-bond donors (Lipinski definition) is 1. The Bertz CT molecular complexity index is 346. The van der Waals surface area contributed by atoms with Crippen LogP contribution < -0.4 is 5.32 Å². The summed E-state index contributed by atoms with van der Waals surface area (Å²) < 4.78 is 0. The summed E-state index contributed by atoms with van der Waals surface area (Å²) in [7, 11) is 0. The van der Waals surface area contributed by atoms with Crippen molar-refractivity contribution >= 4 is 0 Å². The maximum absolute atomic E-state index is 4.36. The maximum atomic E-state index is 4.36. The van der Waals surface area contributed by atoms with Crippen molar-refractivity contribution in [2.45, 2.75) is 38.8 Å². The van der Waals surface area contributed by atoms with Crippen LogP contribution >= 0.6 is 0 Å². The highest BCUT2D eigenvalue weighted by molar-refractivity contribution is 5.03. The predicted molar refractivity (Wildman–Crippen MR) is 60.4 cm³/mol. The molecule has 1 aliphatic rings. The summed E-state index contributed by atoms with van der Waals surface area (Å²) in [6.07, 6.45) is 10.1. The van der Waals surface area contributed by atoms with Crippen molar-refractivity contribution in [2.24, 2.45) is 0 Å². The lowest BCUT2D eigenvalue weighted by Crippen LogP contribution is -2.28. The fraction of sp³-hybridized carbons (Fsp3) is 0.500. The van der Waals surface area contributed by atoms with Gasteiger partial charge in [-0.3, -0.25) is 0 Å². The van der Waals surface area contributed by atoms with E-state index in [-0.39, 0.29) is 0 Å². The van der Waals surface area contributed by atoms with Crippen molar-refractivity contribution in [1.82, 2.24) is 15.3 Å². The van der Waals surface area contributed by atoms with E-state index in [0.717, 1.165) is 18.1 Å². The largest absolute Gasteiger partial charge is 0.305 e. The zero-order valence-corrected chi connectivity index (χ0v) is 9.11. The summed E-state index contributed by atoms with van der Waals surface area (Å²) in [6.45, 7) is 2.75. The Labute approximate surface area is 90.6 Å². The minimum absolute atomic E-state index is 0.522. The van der Waals surface area contributed by atoms with Gasteiger partial charge in [-0.1, -0.05) is 12.2 Å². The van der Waals surface area contributed by atoms with Crippen LogP contribution in [-0.2, 0) is 6.54 Å². The van der Waals surface area contributed by atoms with Gasteiger partial charge in [-0.15, -0.1) is 0 Å². The second-order valence-electron chi connectivity index (χ2n) is 3.94. The lowest BCUT2D eigenvalue weighted by molar-refractivity contribution is 0.517. The highest BCUT2D eigenvalue weighted by Crippen LogP contribution is 2.10. The summed E-state index contributed by atoms with van der Waals surface area (Å²) in [6, 6.07) is 2.49. The van der Waals surface area contributed by atoms with Gasteiger partial charge in [-0.2, -0.15) is 0 Å². The Kier molecular flexibility index (Phi) is 3.45. The quantitative estimate of drug-likeness (QED) is 0.763. The third-order valence-corrected chi connectivity index (χ3v) is 2.63. The average Bonchev–Trinajstić information content (AvgIpc) is 2.28. The van der Waals surface area contributed by atoms with Crippen LogP contribution in [0, 0.1) is 6.92 Å². The van der Waals surface area contributed by atoms with Gasteiger partial charge >= 0.3 is 0 Å². The third kappa shape index (κ3) is 3.13. The number of aromatic nitrogens is 2. The molecular weight excluding hydrogens is 186 g/mol. The van der Waals surface area contributed by atoms with Gasteiger partial charge in [-0.05, 0) is 32.3 Å². The summed E-state index contributed by atoms with van der Waals surface area (Å²) in [5.74, 6) is 0.841. The van der Waals surface area contributed by atoms with Crippen LogP contribution in [0.4, 0.5) is 0 Å². The average molecular weight is 203 g/mol. The molecule has 0 spiro atoms. The van der Waals surface area contributed by atoms with E-state index in [1.807, 2.05) is 19.2 Å². The summed E-state index contributed by atoms with van der Waals surface area (Å²) in [4.78, 5) is 8.44. The first-order chi connectivity index (χ1) is 7.34. The smallest absolute Gasteiger partial charge is 0.125 e. The number of nitrogens with one attached hydrogen (secondary N) is 1. The Morgan fingerprint density at radius 3 is 3.20 bits per heavy atom. The van der Waals surface area contributed by atoms with Crippen molar-refractivity contribution in [2.75, 3.05) is 0 Å². The normalized spacial score (nSPS) is 20.5. The van der Waals surface area contributed by atoms with E-state index in [9.17, 15) is 0 Å². The van der Waals surface area contributed by atoms with E-state index < -0.39 is 0 Å². The van der Waals surface area contributed by atoms with Crippen LogP contribution in [0.15, 0.2) is 24.4 Å². The van der Waals surface area contributed by atoms with Gasteiger partial charge in [-0.25, -0.2) is 9.97 Å². The molecule has 0 radical (unpaired) electrons. The van der Waals surface area contributed by atoms with Gasteiger partial charge in [0.1, 0.15) is 5.82 Å². The van der Waals surface area contributed by atoms with Crippen LogP contribution in [0.5, 0.6) is 0 Å². The Morgan fingerprint density at radius 1 is 1.53 bits per heavy atom. The van der Waals surface area contributed by atoms with Crippen molar-refractivity contribution in [3.8, 4) is 0 Å². The lowest BCUT2D eigenvalue weighted by atomic mass is 10.0. The molecule has 0 fully saturated rings. The molecule has 0 amide bonds. The van der Waals surface area contributed by atoms with E-state index in [1.165, 1.54) is 19.3 Å². The molecular formula is C12H17N3. The number of allylic oxidation sites excluding steroid dienone is 1. The fourth-order valence-corrected chi connectivity index (χ4v) is 1.82. The monoisotopic (exact) mass is 203 g/mol. The van der Waals surface area contributed by atoms with Gasteiger partial charge in [0.15, 0.2) is 0 Å². The van der Waals surface area contributed by atoms with Crippen LogP contribution in [0.25, 0.3) is 0 Å². The highest BCUT2D eigenvalue weighted by Gasteiger charge is 2.07. The first kappa shape index (κ1) is 10.3. The molecule has 1 unspecified atom stereocenters. The van der Waals surface area contributed by atoms with Gasteiger partial charge in [0.05, 0.1) is 5.69 Å². The van der Waals surface area contributed by atoms with E-state index in [0.29, 0.717) is 6.04 Å². The molecule has 1 aliphatic carbocycles. The molecule has 3 nitrogen and oxygen atoms in total. The van der Waals surface area contributed by atoms with Crippen LogP contribution in [-0.4, -0.2) is 16.0 Å². The van der Waals surface area contributed by atoms with Crippen molar-refractivity contribution in [3.05, 3.63) is 35.9 Å². The molecule has 1 aromatic heterocycles. The van der Waals surface area contributed by atoms with Gasteiger partial charge in [0.2, 0.25) is 0 Å². The lowest BCUT2D eigenvalue weighted by Gasteiger charge is -2.17. The molecule has 0 bridgehead atoms. The minimum Gasteiger partial charge on any atom is -0.305 e. The van der Waals surface area contributed by atoms with Crippen LogP contribution in [0.3, 0.4) is 0 Å². The molecule has 0 saturated carbocycles. The topological polar surface area (TPSA) is 37.8 Å². The van der Waals surface area contributed by atoms with Crippen LogP contribution in [0.2, 0.25) is 0 Å². The van der Waals surface area contributed by atoms with Gasteiger partial charge in [0, 0.05) is 18.8 Å². The summed E-state index contributed by atoms with van der Waals surface area (Å²) in [5, 5.41) is 3.49. The minimum atomic E-state index is 0.522. The molecule has 15 heavy (non-hydrogen) atoms. The fourth-order valence-electron chi connectivity index (χ4n) is 1.82. The molecule has 2 rings (SSSR count). The second kappa shape index (κ2) is 5.03. The molecule has 0 aliphatic heterocycles.